The highest BCUT2D eigenvalue weighted by Crippen LogP contribution is 2.51. The molecule has 6 aromatic carbocycles. The van der Waals surface area contributed by atoms with Crippen molar-refractivity contribution in [2.75, 3.05) is 13.1 Å². The van der Waals surface area contributed by atoms with E-state index in [-0.39, 0.29) is 74.4 Å². The Balaban J connectivity index is 1.48. The van der Waals surface area contributed by atoms with Crippen LogP contribution in [-0.2, 0) is 0 Å². The molecule has 2 amide bonds. The van der Waals surface area contributed by atoms with Crippen molar-refractivity contribution < 1.29 is 24.9 Å². The molecule has 0 saturated heterocycles. The minimum absolute atomic E-state index is 0.00305. The summed E-state index contributed by atoms with van der Waals surface area (Å²) in [5.74, 6) is -3.45. The van der Waals surface area contributed by atoms with Gasteiger partial charge in [-0.2, -0.15) is 0 Å². The van der Waals surface area contributed by atoms with Gasteiger partial charge in [0.1, 0.15) is 11.4 Å². The van der Waals surface area contributed by atoms with Gasteiger partial charge in [-0.3, -0.25) is 9.59 Å². The molecular formula is C42H37N5O8. The Bertz CT molecular complexity index is 2520. The minimum Gasteiger partial charge on any atom is -0.507 e. The van der Waals surface area contributed by atoms with E-state index in [1.807, 2.05) is 74.5 Å². The number of carbonyl (C=O) groups excluding carboxylic acids is 2. The van der Waals surface area contributed by atoms with Crippen molar-refractivity contribution in [2.24, 2.45) is 15.5 Å². The van der Waals surface area contributed by atoms with Gasteiger partial charge in [-0.05, 0) is 87.7 Å². The third-order valence-electron chi connectivity index (χ3n) is 10.0. The highest BCUT2D eigenvalue weighted by molar-refractivity contribution is 6.18. The third kappa shape index (κ3) is 6.95. The molecule has 0 fully saturated rings. The maximum absolute atomic E-state index is 13.7. The summed E-state index contributed by atoms with van der Waals surface area (Å²) in [6, 6.07) is 24.3. The minimum atomic E-state index is -0.720. The topological polar surface area (TPSA) is 207 Å². The number of nitroso groups, excluding NO2 is 3. The Labute approximate surface area is 315 Å². The Kier molecular flexibility index (Phi) is 10.7. The van der Waals surface area contributed by atoms with Crippen LogP contribution < -0.4 is 10.6 Å². The first-order valence-electron chi connectivity index (χ1n) is 17.4. The summed E-state index contributed by atoms with van der Waals surface area (Å²) < 4.78 is 0. The number of phenolic OH excluding ortho intramolecular Hbond substituents is 3. The lowest BCUT2D eigenvalue weighted by atomic mass is 9.86. The number of nitrogens with zero attached hydrogens (tertiary/aromatic N) is 3. The molecule has 0 aliphatic carbocycles. The number of carbonyl (C=O) groups is 2. The van der Waals surface area contributed by atoms with Gasteiger partial charge < -0.3 is 26.0 Å². The maximum Gasteiger partial charge on any atom is 0.255 e. The molecule has 0 radical (unpaired) electrons. The molecule has 0 bridgehead atoms. The van der Waals surface area contributed by atoms with Crippen LogP contribution in [0, 0.1) is 28.6 Å². The van der Waals surface area contributed by atoms with Gasteiger partial charge in [0.2, 0.25) is 0 Å². The summed E-state index contributed by atoms with van der Waals surface area (Å²) in [6.07, 6.45) is 0. The Hall–Kier alpha value is -7.02. The van der Waals surface area contributed by atoms with E-state index in [2.05, 4.69) is 26.2 Å². The van der Waals surface area contributed by atoms with Gasteiger partial charge in [0, 0.05) is 45.8 Å². The molecule has 5 N–H and O–H groups in total. The fourth-order valence-corrected chi connectivity index (χ4v) is 7.05. The molecule has 13 nitrogen and oxygen atoms in total. The standard InChI is InChI=1S/C42H37N5O8/c1-21-15-27-29(17-31(45-53)39(49)35(27)41(51)43-19-23(3)25-11-7-5-8-12-25)37(47-55)33(21)34-22(2)16-28-30(38(34)48)18-32(46-54)40(50)36(28)42(52)44-20-24(4)26-13-9-6-10-14-26/h5-18,23-24,48-50H,19-20H2,1-4H3,(H,43,51)(H,44,52)/t23-,24-/m0/s1. The zero-order valence-corrected chi connectivity index (χ0v) is 30.4. The smallest absolute Gasteiger partial charge is 0.255 e. The number of nitrogens with one attached hydrogen (secondary N) is 2. The molecule has 0 aliphatic heterocycles. The largest absolute Gasteiger partial charge is 0.507 e. The molecule has 0 spiro atoms. The van der Waals surface area contributed by atoms with Crippen LogP contribution in [0.4, 0.5) is 17.1 Å². The van der Waals surface area contributed by atoms with Crippen LogP contribution in [-0.4, -0.2) is 40.2 Å². The lowest BCUT2D eigenvalue weighted by molar-refractivity contribution is 0.0942. The summed E-state index contributed by atoms with van der Waals surface area (Å²) in [7, 11) is 0. The van der Waals surface area contributed by atoms with Crippen LogP contribution in [0.5, 0.6) is 17.2 Å². The summed E-state index contributed by atoms with van der Waals surface area (Å²) >= 11 is 0. The highest BCUT2D eigenvalue weighted by atomic mass is 16.3. The summed E-state index contributed by atoms with van der Waals surface area (Å²) in [5.41, 5.74) is 0.970. The van der Waals surface area contributed by atoms with E-state index in [0.717, 1.165) is 23.3 Å². The van der Waals surface area contributed by atoms with Gasteiger partial charge in [-0.1, -0.05) is 74.5 Å². The molecule has 0 heterocycles. The number of rotatable bonds is 12. The van der Waals surface area contributed by atoms with E-state index >= 15 is 0 Å². The molecular weight excluding hydrogens is 702 g/mol. The van der Waals surface area contributed by atoms with Gasteiger partial charge in [0.05, 0.1) is 11.1 Å². The van der Waals surface area contributed by atoms with E-state index in [1.54, 1.807) is 13.8 Å². The predicted octanol–water partition coefficient (Wildman–Crippen LogP) is 9.65. The summed E-state index contributed by atoms with van der Waals surface area (Å²) in [4.78, 5) is 63.9. The number of benzene rings is 6. The predicted molar refractivity (Wildman–Crippen MR) is 212 cm³/mol. The molecule has 278 valence electrons. The zero-order valence-electron chi connectivity index (χ0n) is 30.4. The second-order valence-corrected chi connectivity index (χ2v) is 13.6. The quantitative estimate of drug-likeness (QED) is 0.0762. The van der Waals surface area contributed by atoms with Crippen LogP contribution in [0.1, 0.15) is 68.7 Å². The van der Waals surface area contributed by atoms with Crippen molar-refractivity contribution >= 4 is 50.4 Å². The highest BCUT2D eigenvalue weighted by Gasteiger charge is 2.29. The number of aryl methyl sites for hydroxylation is 2. The van der Waals surface area contributed by atoms with Crippen molar-refractivity contribution in [3.63, 3.8) is 0 Å². The average Bonchev–Trinajstić information content (AvgIpc) is 3.19. The molecule has 0 saturated carbocycles. The third-order valence-corrected chi connectivity index (χ3v) is 10.0. The van der Waals surface area contributed by atoms with Crippen molar-refractivity contribution in [3.05, 3.63) is 133 Å². The lowest BCUT2D eigenvalue weighted by Gasteiger charge is -2.20. The van der Waals surface area contributed by atoms with E-state index < -0.39 is 40.4 Å². The average molecular weight is 740 g/mol. The van der Waals surface area contributed by atoms with E-state index in [1.165, 1.54) is 12.1 Å². The monoisotopic (exact) mass is 739 g/mol. The molecule has 2 atom stereocenters. The zero-order chi connectivity index (χ0) is 39.6. The van der Waals surface area contributed by atoms with Crippen molar-refractivity contribution in [1.29, 1.82) is 0 Å². The second kappa shape index (κ2) is 15.5. The normalized spacial score (nSPS) is 12.2. The maximum atomic E-state index is 13.7. The number of hydrogen-bond acceptors (Lipinski definition) is 11. The molecule has 6 rings (SSSR count). The molecule has 0 aromatic heterocycles. The Morgan fingerprint density at radius 2 is 0.982 bits per heavy atom. The van der Waals surface area contributed by atoms with Crippen molar-refractivity contribution in [3.8, 4) is 28.4 Å². The van der Waals surface area contributed by atoms with Crippen molar-refractivity contribution in [2.45, 2.75) is 39.5 Å². The Morgan fingerprint density at radius 3 is 1.42 bits per heavy atom. The van der Waals surface area contributed by atoms with Gasteiger partial charge in [-0.25, -0.2) is 0 Å². The molecule has 13 heteroatoms. The number of aromatic hydroxyl groups is 3. The summed E-state index contributed by atoms with van der Waals surface area (Å²) in [6.45, 7) is 7.42. The van der Waals surface area contributed by atoms with Gasteiger partial charge >= 0.3 is 0 Å². The molecule has 0 unspecified atom stereocenters. The Morgan fingerprint density at radius 1 is 0.564 bits per heavy atom. The first kappa shape index (κ1) is 37.7. The molecule has 0 aliphatic rings. The number of amides is 2. The van der Waals surface area contributed by atoms with Crippen LogP contribution in [0.25, 0.3) is 32.7 Å². The van der Waals surface area contributed by atoms with Gasteiger partial charge in [0.15, 0.2) is 22.9 Å². The molecule has 55 heavy (non-hydrogen) atoms. The summed E-state index contributed by atoms with van der Waals surface area (Å²) in [5, 5.41) is 48.9. The van der Waals surface area contributed by atoms with Crippen LogP contribution in [0.15, 0.2) is 100 Å². The number of fused-ring (bicyclic) bond motifs is 2. The van der Waals surface area contributed by atoms with Crippen LogP contribution in [0.3, 0.4) is 0 Å². The molecule has 6 aromatic rings. The lowest BCUT2D eigenvalue weighted by Crippen LogP contribution is -2.27. The fraction of sp³-hybridized carbons (Fsp3) is 0.190. The first-order valence-corrected chi connectivity index (χ1v) is 17.4. The first-order chi connectivity index (χ1) is 26.4. The number of hydrogen-bond donors (Lipinski definition) is 5. The van der Waals surface area contributed by atoms with E-state index in [4.69, 9.17) is 0 Å². The fourth-order valence-electron chi connectivity index (χ4n) is 7.05. The van der Waals surface area contributed by atoms with Crippen LogP contribution in [0.2, 0.25) is 0 Å². The van der Waals surface area contributed by atoms with Gasteiger partial charge in [-0.15, -0.1) is 14.7 Å². The van der Waals surface area contributed by atoms with Crippen LogP contribution >= 0.6 is 0 Å². The second-order valence-electron chi connectivity index (χ2n) is 13.6. The van der Waals surface area contributed by atoms with E-state index in [0.29, 0.717) is 11.1 Å². The van der Waals surface area contributed by atoms with E-state index in [9.17, 15) is 39.6 Å². The SMILES string of the molecule is Cc1cc2c(C(=O)NC[C@H](C)c3ccccc3)c(O)c(N=O)cc2c(O)c1-c1c(C)cc2c(C(=O)NC[C@H](C)c3ccccc3)c(O)c(N=O)cc2c1N=O. The van der Waals surface area contributed by atoms with Gasteiger partial charge in [0.25, 0.3) is 11.8 Å². The van der Waals surface area contributed by atoms with Crippen molar-refractivity contribution in [1.82, 2.24) is 10.6 Å². The number of phenols is 3.